The fourth-order valence-electron chi connectivity index (χ4n) is 3.08. The zero-order valence-corrected chi connectivity index (χ0v) is 16.1. The Morgan fingerprint density at radius 3 is 2.70 bits per heavy atom. The Bertz CT molecular complexity index is 884. The Balaban J connectivity index is 1.66. The summed E-state index contributed by atoms with van der Waals surface area (Å²) in [7, 11) is 0. The number of aryl methyl sites for hydroxylation is 1. The molecule has 0 saturated carbocycles. The van der Waals surface area contributed by atoms with Gasteiger partial charge in [0, 0.05) is 19.4 Å². The van der Waals surface area contributed by atoms with Crippen molar-refractivity contribution in [2.75, 3.05) is 13.2 Å². The number of carbonyl (C=O) groups is 1. The first-order valence-electron chi connectivity index (χ1n) is 9.57. The highest BCUT2D eigenvalue weighted by Gasteiger charge is 2.11. The number of para-hydroxylation sites is 2. The van der Waals surface area contributed by atoms with Gasteiger partial charge in [0.15, 0.2) is 0 Å². The highest BCUT2D eigenvalue weighted by Crippen LogP contribution is 2.17. The highest BCUT2D eigenvalue weighted by atomic mass is 16.5. The van der Waals surface area contributed by atoms with E-state index >= 15 is 0 Å². The molecule has 5 nitrogen and oxygen atoms in total. The van der Waals surface area contributed by atoms with Crippen molar-refractivity contribution >= 4 is 16.9 Å². The maximum absolute atomic E-state index is 11.7. The van der Waals surface area contributed by atoms with E-state index < -0.39 is 0 Å². The summed E-state index contributed by atoms with van der Waals surface area (Å²) in [6, 6.07) is 16.2. The van der Waals surface area contributed by atoms with Gasteiger partial charge >= 0.3 is 0 Å². The topological polar surface area (TPSA) is 56.2 Å². The molecule has 1 heterocycles. The predicted octanol–water partition coefficient (Wildman–Crippen LogP) is 3.88. The zero-order chi connectivity index (χ0) is 19.1. The lowest BCUT2D eigenvalue weighted by atomic mass is 10.2. The number of benzene rings is 2. The van der Waals surface area contributed by atoms with E-state index in [0.29, 0.717) is 32.5 Å². The van der Waals surface area contributed by atoms with Gasteiger partial charge in [-0.15, -0.1) is 0 Å². The number of imidazole rings is 1. The number of nitrogens with zero attached hydrogens (tertiary/aromatic N) is 2. The molecule has 0 aliphatic carbocycles. The maximum atomic E-state index is 11.7. The third kappa shape index (κ3) is 5.09. The molecule has 5 heteroatoms. The second-order valence-electron chi connectivity index (χ2n) is 6.68. The molecule has 0 bridgehead atoms. The van der Waals surface area contributed by atoms with Crippen molar-refractivity contribution in [3.05, 3.63) is 59.9 Å². The Kier molecular flexibility index (Phi) is 6.47. The third-order valence-electron chi connectivity index (χ3n) is 4.49. The number of hydrogen-bond acceptors (Lipinski definition) is 3. The summed E-state index contributed by atoms with van der Waals surface area (Å²) < 4.78 is 8.08. The number of rotatable bonds is 9. The number of ether oxygens (including phenoxy) is 1. The number of carbonyl (C=O) groups excluding carboxylic acids is 1. The molecule has 27 heavy (non-hydrogen) atoms. The number of hydrogen-bond donors (Lipinski definition) is 1. The molecule has 0 fully saturated rings. The van der Waals surface area contributed by atoms with Crippen molar-refractivity contribution in [1.82, 2.24) is 14.9 Å². The molecule has 1 N–H and O–H groups in total. The number of amides is 1. The standard InChI is InChI=1S/C22H27N3O2/c1-3-6-22(26)23-14-13-21-24-19-7-4-5-8-20(19)25(21)15-16-27-18-11-9-17(2)10-12-18/h4-5,7-12H,3,6,13-16H2,1-2H3,(H,23,26). The monoisotopic (exact) mass is 365 g/mol. The quantitative estimate of drug-likeness (QED) is 0.626. The van der Waals surface area contributed by atoms with Crippen molar-refractivity contribution in [2.45, 2.75) is 39.7 Å². The van der Waals surface area contributed by atoms with Crippen LogP contribution >= 0.6 is 0 Å². The van der Waals surface area contributed by atoms with Crippen LogP contribution in [0.15, 0.2) is 48.5 Å². The van der Waals surface area contributed by atoms with Gasteiger partial charge in [0.05, 0.1) is 17.6 Å². The summed E-state index contributed by atoms with van der Waals surface area (Å²) >= 11 is 0. The lowest BCUT2D eigenvalue weighted by Gasteiger charge is -2.11. The molecule has 3 rings (SSSR count). The van der Waals surface area contributed by atoms with Crippen molar-refractivity contribution in [3.8, 4) is 5.75 Å². The molecule has 1 amide bonds. The molecule has 0 spiro atoms. The SMILES string of the molecule is CCCC(=O)NCCc1nc2ccccc2n1CCOc1ccc(C)cc1. The molecule has 3 aromatic rings. The van der Waals surface area contributed by atoms with E-state index in [2.05, 4.69) is 22.9 Å². The number of fused-ring (bicyclic) bond motifs is 1. The Hall–Kier alpha value is -2.82. The minimum Gasteiger partial charge on any atom is -0.492 e. The average Bonchev–Trinajstić information content (AvgIpc) is 3.01. The van der Waals surface area contributed by atoms with Crippen molar-refractivity contribution in [2.24, 2.45) is 0 Å². The molecule has 0 unspecified atom stereocenters. The van der Waals surface area contributed by atoms with Crippen LogP contribution in [0.3, 0.4) is 0 Å². The fourth-order valence-corrected chi connectivity index (χ4v) is 3.08. The summed E-state index contributed by atoms with van der Waals surface area (Å²) in [4.78, 5) is 16.4. The van der Waals surface area contributed by atoms with Crippen molar-refractivity contribution in [1.29, 1.82) is 0 Å². The van der Waals surface area contributed by atoms with Crippen LogP contribution in [0.5, 0.6) is 5.75 Å². The van der Waals surface area contributed by atoms with Gasteiger partial charge in [-0.25, -0.2) is 4.98 Å². The summed E-state index contributed by atoms with van der Waals surface area (Å²) in [5.41, 5.74) is 3.29. The first-order chi connectivity index (χ1) is 13.2. The maximum Gasteiger partial charge on any atom is 0.219 e. The van der Waals surface area contributed by atoms with E-state index in [9.17, 15) is 4.79 Å². The molecule has 0 saturated heterocycles. The van der Waals surface area contributed by atoms with Crippen LogP contribution in [0.4, 0.5) is 0 Å². The van der Waals surface area contributed by atoms with Gasteiger partial charge in [-0.1, -0.05) is 36.8 Å². The van der Waals surface area contributed by atoms with Gasteiger partial charge in [-0.05, 0) is 37.6 Å². The molecular weight excluding hydrogens is 338 g/mol. The molecule has 0 aliphatic rings. The van der Waals surface area contributed by atoms with Crippen LogP contribution in [0.2, 0.25) is 0 Å². The molecule has 0 atom stereocenters. The van der Waals surface area contributed by atoms with Gasteiger partial charge in [-0.3, -0.25) is 4.79 Å². The minimum atomic E-state index is 0.0999. The summed E-state index contributed by atoms with van der Waals surface area (Å²) in [6.07, 6.45) is 2.14. The van der Waals surface area contributed by atoms with Crippen molar-refractivity contribution < 1.29 is 9.53 Å². The Morgan fingerprint density at radius 1 is 1.15 bits per heavy atom. The van der Waals surface area contributed by atoms with E-state index in [0.717, 1.165) is 29.0 Å². The van der Waals surface area contributed by atoms with E-state index in [4.69, 9.17) is 9.72 Å². The first kappa shape index (κ1) is 19.0. The molecule has 142 valence electrons. The Morgan fingerprint density at radius 2 is 1.93 bits per heavy atom. The normalized spacial score (nSPS) is 10.9. The number of nitrogens with one attached hydrogen (secondary N) is 1. The van der Waals surface area contributed by atoms with E-state index in [1.165, 1.54) is 5.56 Å². The third-order valence-corrected chi connectivity index (χ3v) is 4.49. The predicted molar refractivity (Wildman–Crippen MR) is 108 cm³/mol. The molecular formula is C22H27N3O2. The van der Waals surface area contributed by atoms with E-state index in [-0.39, 0.29) is 5.91 Å². The molecule has 0 aliphatic heterocycles. The van der Waals surface area contributed by atoms with Crippen LogP contribution in [-0.4, -0.2) is 28.6 Å². The van der Waals surface area contributed by atoms with Crippen LogP contribution in [0.25, 0.3) is 11.0 Å². The minimum absolute atomic E-state index is 0.0999. The zero-order valence-electron chi connectivity index (χ0n) is 16.1. The first-order valence-corrected chi connectivity index (χ1v) is 9.57. The van der Waals surface area contributed by atoms with Gasteiger partial charge < -0.3 is 14.6 Å². The second kappa shape index (κ2) is 9.21. The van der Waals surface area contributed by atoms with E-state index in [1.807, 2.05) is 49.4 Å². The summed E-state index contributed by atoms with van der Waals surface area (Å²) in [5, 5.41) is 2.97. The average molecular weight is 365 g/mol. The largest absolute Gasteiger partial charge is 0.492 e. The Labute approximate surface area is 160 Å². The summed E-state index contributed by atoms with van der Waals surface area (Å²) in [6.45, 7) is 5.95. The van der Waals surface area contributed by atoms with Crippen LogP contribution in [-0.2, 0) is 17.8 Å². The van der Waals surface area contributed by atoms with Crippen LogP contribution in [0, 0.1) is 6.92 Å². The number of aromatic nitrogens is 2. The molecule has 0 radical (unpaired) electrons. The van der Waals surface area contributed by atoms with Crippen LogP contribution in [0.1, 0.15) is 31.2 Å². The highest BCUT2D eigenvalue weighted by molar-refractivity contribution is 5.76. The van der Waals surface area contributed by atoms with Gasteiger partial charge in [0.2, 0.25) is 5.91 Å². The lowest BCUT2D eigenvalue weighted by molar-refractivity contribution is -0.121. The summed E-state index contributed by atoms with van der Waals surface area (Å²) in [5.74, 6) is 1.95. The van der Waals surface area contributed by atoms with Gasteiger partial charge in [0.25, 0.3) is 0 Å². The van der Waals surface area contributed by atoms with Gasteiger partial charge in [-0.2, -0.15) is 0 Å². The second-order valence-corrected chi connectivity index (χ2v) is 6.68. The smallest absolute Gasteiger partial charge is 0.219 e. The van der Waals surface area contributed by atoms with Crippen LogP contribution < -0.4 is 10.1 Å². The fraction of sp³-hybridized carbons (Fsp3) is 0.364. The lowest BCUT2D eigenvalue weighted by Crippen LogP contribution is -2.26. The van der Waals surface area contributed by atoms with Gasteiger partial charge in [0.1, 0.15) is 18.2 Å². The molecule has 2 aromatic carbocycles. The van der Waals surface area contributed by atoms with E-state index in [1.54, 1.807) is 0 Å². The molecule has 1 aromatic heterocycles. The van der Waals surface area contributed by atoms with Crippen molar-refractivity contribution in [3.63, 3.8) is 0 Å².